The molecule has 2 aliphatic carbocycles. The molecule has 0 amide bonds. The third-order valence-corrected chi connectivity index (χ3v) is 6.41. The van der Waals surface area contributed by atoms with E-state index in [0.717, 1.165) is 12.8 Å². The lowest BCUT2D eigenvalue weighted by Crippen LogP contribution is -2.38. The molecule has 3 nitrogen and oxygen atoms in total. The monoisotopic (exact) mass is 202 g/mol. The Bertz CT molecular complexity index is 361. The lowest BCUT2D eigenvalue weighted by atomic mass is 9.78. The van der Waals surface area contributed by atoms with Gasteiger partial charge in [-0.1, -0.05) is 6.92 Å². The molecule has 1 heterocycles. The number of rotatable bonds is 0. The fraction of sp³-hybridized carbons (Fsp3) is 1.00. The van der Waals surface area contributed by atoms with Gasteiger partial charge in [0.2, 0.25) is 0 Å². The molecule has 1 saturated heterocycles. The molecule has 5 atom stereocenters. The maximum absolute atomic E-state index is 11.6. The molecule has 4 heteroatoms. The standard InChI is InChI=1S/C9H14O3S/c1-5-6-3-7-8(4-6)13(10,11)12-9(5,7)2/h5-8H,3-4H2,1-2H3/t5-,6?,7?,8?,9?/m1/s1. The SMILES string of the molecule is C[C@@H]1C2CC3C(C2)S(=O)(=O)OC31C. The molecule has 0 aromatic rings. The van der Waals surface area contributed by atoms with Crippen LogP contribution in [0.4, 0.5) is 0 Å². The van der Waals surface area contributed by atoms with Crippen LogP contribution < -0.4 is 0 Å². The third kappa shape index (κ3) is 0.734. The van der Waals surface area contributed by atoms with E-state index in [0.29, 0.717) is 11.8 Å². The zero-order valence-electron chi connectivity index (χ0n) is 7.86. The maximum atomic E-state index is 11.6. The molecule has 3 aliphatic rings. The summed E-state index contributed by atoms with van der Waals surface area (Å²) in [5.41, 5.74) is -0.369. The first-order chi connectivity index (χ1) is 5.95. The highest BCUT2D eigenvalue weighted by atomic mass is 32.2. The van der Waals surface area contributed by atoms with Crippen molar-refractivity contribution in [2.24, 2.45) is 17.8 Å². The van der Waals surface area contributed by atoms with Gasteiger partial charge in [0.25, 0.3) is 10.1 Å². The van der Waals surface area contributed by atoms with E-state index < -0.39 is 10.1 Å². The molecule has 3 fully saturated rings. The van der Waals surface area contributed by atoms with Crippen molar-refractivity contribution in [2.75, 3.05) is 0 Å². The van der Waals surface area contributed by atoms with Crippen molar-refractivity contribution in [3.8, 4) is 0 Å². The van der Waals surface area contributed by atoms with Gasteiger partial charge in [-0.05, 0) is 31.6 Å². The highest BCUT2D eigenvalue weighted by molar-refractivity contribution is 7.87. The van der Waals surface area contributed by atoms with E-state index in [-0.39, 0.29) is 16.8 Å². The number of hydrogen-bond acceptors (Lipinski definition) is 3. The van der Waals surface area contributed by atoms with Crippen molar-refractivity contribution < 1.29 is 12.6 Å². The minimum absolute atomic E-state index is 0.182. The molecule has 0 spiro atoms. The van der Waals surface area contributed by atoms with Crippen LogP contribution in [-0.4, -0.2) is 19.3 Å². The summed E-state index contributed by atoms with van der Waals surface area (Å²) < 4.78 is 28.5. The average molecular weight is 202 g/mol. The predicted octanol–water partition coefficient (Wildman–Crippen LogP) is 1.15. The molecule has 0 aromatic carbocycles. The second-order valence-corrected chi connectivity index (χ2v) is 6.68. The molecule has 74 valence electrons. The Morgan fingerprint density at radius 2 is 2.08 bits per heavy atom. The Morgan fingerprint density at radius 3 is 2.62 bits per heavy atom. The molecule has 1 aliphatic heterocycles. The zero-order chi connectivity index (χ0) is 9.43. The second kappa shape index (κ2) is 1.96. The first-order valence-electron chi connectivity index (χ1n) is 4.89. The summed E-state index contributed by atoms with van der Waals surface area (Å²) in [4.78, 5) is 0. The van der Waals surface area contributed by atoms with Gasteiger partial charge in [0.05, 0.1) is 10.9 Å². The molecular weight excluding hydrogens is 188 g/mol. The normalized spacial score (nSPS) is 61.7. The average Bonchev–Trinajstić information content (AvgIpc) is 2.55. The van der Waals surface area contributed by atoms with Crippen molar-refractivity contribution in [3.63, 3.8) is 0 Å². The molecule has 0 aromatic heterocycles. The van der Waals surface area contributed by atoms with Crippen molar-refractivity contribution in [2.45, 2.75) is 37.5 Å². The Kier molecular flexibility index (Phi) is 1.24. The Balaban J connectivity index is 2.18. The van der Waals surface area contributed by atoms with Crippen molar-refractivity contribution in [3.05, 3.63) is 0 Å². The van der Waals surface area contributed by atoms with Crippen LogP contribution in [0, 0.1) is 17.8 Å². The van der Waals surface area contributed by atoms with Crippen LogP contribution in [0.1, 0.15) is 26.7 Å². The van der Waals surface area contributed by atoms with Gasteiger partial charge in [-0.15, -0.1) is 0 Å². The number of hydrogen-bond donors (Lipinski definition) is 0. The first kappa shape index (κ1) is 8.24. The molecule has 4 unspecified atom stereocenters. The van der Waals surface area contributed by atoms with E-state index in [4.69, 9.17) is 4.18 Å². The molecule has 0 radical (unpaired) electrons. The summed E-state index contributed by atoms with van der Waals surface area (Å²) in [6, 6.07) is 0. The van der Waals surface area contributed by atoms with E-state index >= 15 is 0 Å². The molecular formula is C9H14O3S. The summed E-state index contributed by atoms with van der Waals surface area (Å²) in [6.07, 6.45) is 1.89. The van der Waals surface area contributed by atoms with Crippen LogP contribution in [0.15, 0.2) is 0 Å². The summed E-state index contributed by atoms with van der Waals surface area (Å²) in [6.45, 7) is 4.10. The highest BCUT2D eigenvalue weighted by Gasteiger charge is 2.68. The van der Waals surface area contributed by atoms with E-state index in [2.05, 4.69) is 6.92 Å². The Morgan fingerprint density at radius 1 is 1.38 bits per heavy atom. The minimum atomic E-state index is -3.22. The first-order valence-corrected chi connectivity index (χ1v) is 6.37. The predicted molar refractivity (Wildman–Crippen MR) is 47.6 cm³/mol. The summed E-state index contributed by atoms with van der Waals surface area (Å²) in [7, 11) is -3.22. The lowest BCUT2D eigenvalue weighted by molar-refractivity contribution is 0.0295. The van der Waals surface area contributed by atoms with Crippen LogP contribution in [0.2, 0.25) is 0 Å². The summed E-state index contributed by atoms with van der Waals surface area (Å²) >= 11 is 0. The topological polar surface area (TPSA) is 43.4 Å². The molecule has 2 bridgehead atoms. The largest absolute Gasteiger partial charge is 0.271 e. The second-order valence-electron chi connectivity index (χ2n) is 4.93. The zero-order valence-corrected chi connectivity index (χ0v) is 8.67. The van der Waals surface area contributed by atoms with E-state index in [1.165, 1.54) is 0 Å². The van der Waals surface area contributed by atoms with Gasteiger partial charge in [-0.3, -0.25) is 4.18 Å². The van der Waals surface area contributed by atoms with Gasteiger partial charge < -0.3 is 0 Å². The molecule has 3 rings (SSSR count). The lowest BCUT2D eigenvalue weighted by Gasteiger charge is -2.31. The van der Waals surface area contributed by atoms with Gasteiger partial charge in [0.1, 0.15) is 0 Å². The molecule has 13 heavy (non-hydrogen) atoms. The van der Waals surface area contributed by atoms with Crippen LogP contribution in [0.5, 0.6) is 0 Å². The van der Waals surface area contributed by atoms with Gasteiger partial charge in [0.15, 0.2) is 0 Å². The third-order valence-electron chi connectivity index (χ3n) is 4.55. The smallest absolute Gasteiger partial charge is 0.263 e. The van der Waals surface area contributed by atoms with Crippen LogP contribution >= 0.6 is 0 Å². The number of fused-ring (bicyclic) bond motifs is 1. The fourth-order valence-electron chi connectivity index (χ4n) is 3.62. The molecule has 0 N–H and O–H groups in total. The van der Waals surface area contributed by atoms with Crippen LogP contribution in [-0.2, 0) is 14.3 Å². The van der Waals surface area contributed by atoms with Gasteiger partial charge in [-0.2, -0.15) is 8.42 Å². The van der Waals surface area contributed by atoms with E-state index in [1.807, 2.05) is 6.92 Å². The minimum Gasteiger partial charge on any atom is -0.263 e. The van der Waals surface area contributed by atoms with Gasteiger partial charge >= 0.3 is 0 Å². The van der Waals surface area contributed by atoms with Crippen molar-refractivity contribution >= 4 is 10.1 Å². The summed E-state index contributed by atoms with van der Waals surface area (Å²) in [5.74, 6) is 1.26. The highest BCUT2D eigenvalue weighted by Crippen LogP contribution is 2.62. The van der Waals surface area contributed by atoms with E-state index in [1.54, 1.807) is 0 Å². The Labute approximate surface area is 78.6 Å². The van der Waals surface area contributed by atoms with Gasteiger partial charge in [0, 0.05) is 5.92 Å². The van der Waals surface area contributed by atoms with Crippen LogP contribution in [0.25, 0.3) is 0 Å². The Hall–Kier alpha value is -0.0900. The van der Waals surface area contributed by atoms with Gasteiger partial charge in [-0.25, -0.2) is 0 Å². The van der Waals surface area contributed by atoms with E-state index in [9.17, 15) is 8.42 Å². The maximum Gasteiger partial charge on any atom is 0.271 e. The van der Waals surface area contributed by atoms with Crippen LogP contribution in [0.3, 0.4) is 0 Å². The fourth-order valence-corrected chi connectivity index (χ4v) is 5.79. The van der Waals surface area contributed by atoms with Crippen molar-refractivity contribution in [1.29, 1.82) is 0 Å². The van der Waals surface area contributed by atoms with Crippen molar-refractivity contribution in [1.82, 2.24) is 0 Å². The summed E-state index contributed by atoms with van der Waals surface area (Å²) in [5, 5.41) is -0.182. The quantitative estimate of drug-likeness (QED) is 0.553. The molecule has 2 saturated carbocycles.